The van der Waals surface area contributed by atoms with Crippen LogP contribution < -0.4 is 10.6 Å². The van der Waals surface area contributed by atoms with Crippen molar-refractivity contribution in [2.24, 2.45) is 4.99 Å². The number of aliphatic imine (C=N–C) groups is 1. The maximum Gasteiger partial charge on any atom is 0.191 e. The van der Waals surface area contributed by atoms with E-state index in [1.807, 2.05) is 19.3 Å². The van der Waals surface area contributed by atoms with Crippen LogP contribution in [-0.2, 0) is 11.3 Å². The van der Waals surface area contributed by atoms with Crippen LogP contribution in [0.3, 0.4) is 0 Å². The molecule has 2 rings (SSSR count). The van der Waals surface area contributed by atoms with Gasteiger partial charge in [-0.2, -0.15) is 0 Å². The standard InChI is InChI=1S/C20H37N5O/c1-3-21-20(23-12-8-9-15-25-16-13-22-18(25)2)24-14-17-26-19-10-6-4-5-7-11-19/h13,16,19H,3-12,14-15,17H2,1-2H3,(H2,21,23,24). The normalized spacial score (nSPS) is 16.5. The molecule has 148 valence electrons. The lowest BCUT2D eigenvalue weighted by molar-refractivity contribution is 0.0468. The maximum atomic E-state index is 6.03. The van der Waals surface area contributed by atoms with Crippen LogP contribution >= 0.6 is 0 Å². The van der Waals surface area contributed by atoms with Crippen molar-refractivity contribution in [2.75, 3.05) is 26.2 Å². The topological polar surface area (TPSA) is 63.5 Å². The Morgan fingerprint density at radius 2 is 2.04 bits per heavy atom. The lowest BCUT2D eigenvalue weighted by atomic mass is 10.1. The fourth-order valence-electron chi connectivity index (χ4n) is 3.37. The van der Waals surface area contributed by atoms with E-state index in [1.165, 1.54) is 38.5 Å². The largest absolute Gasteiger partial charge is 0.376 e. The van der Waals surface area contributed by atoms with Crippen molar-refractivity contribution in [1.82, 2.24) is 20.2 Å². The molecular formula is C20H37N5O. The highest BCUT2D eigenvalue weighted by Gasteiger charge is 2.12. The molecule has 0 amide bonds. The van der Waals surface area contributed by atoms with E-state index in [-0.39, 0.29) is 0 Å². The van der Waals surface area contributed by atoms with E-state index in [4.69, 9.17) is 4.74 Å². The van der Waals surface area contributed by atoms with E-state index in [0.717, 1.165) is 57.4 Å². The molecule has 1 aliphatic rings. The molecule has 1 aromatic heterocycles. The van der Waals surface area contributed by atoms with Crippen molar-refractivity contribution in [3.63, 3.8) is 0 Å². The summed E-state index contributed by atoms with van der Waals surface area (Å²) in [7, 11) is 0. The molecule has 0 spiro atoms. The van der Waals surface area contributed by atoms with Crippen LogP contribution in [0.2, 0.25) is 0 Å². The third-order valence-corrected chi connectivity index (χ3v) is 4.90. The number of hydrogen-bond donors (Lipinski definition) is 2. The highest BCUT2D eigenvalue weighted by atomic mass is 16.5. The molecule has 0 radical (unpaired) electrons. The molecule has 1 fully saturated rings. The summed E-state index contributed by atoms with van der Waals surface area (Å²) in [5, 5.41) is 6.70. The van der Waals surface area contributed by atoms with Crippen LogP contribution in [0.1, 0.15) is 64.1 Å². The Hall–Kier alpha value is -1.56. The van der Waals surface area contributed by atoms with Gasteiger partial charge < -0.3 is 19.9 Å². The Morgan fingerprint density at radius 1 is 1.23 bits per heavy atom. The van der Waals surface area contributed by atoms with Crippen molar-refractivity contribution >= 4 is 5.96 Å². The van der Waals surface area contributed by atoms with Gasteiger partial charge in [0, 0.05) is 38.6 Å². The molecule has 1 heterocycles. The molecule has 0 aromatic carbocycles. The zero-order valence-corrected chi connectivity index (χ0v) is 16.7. The van der Waals surface area contributed by atoms with Crippen molar-refractivity contribution in [2.45, 2.75) is 77.9 Å². The molecule has 0 unspecified atom stereocenters. The van der Waals surface area contributed by atoms with Crippen molar-refractivity contribution in [3.05, 3.63) is 18.2 Å². The lowest BCUT2D eigenvalue weighted by Gasteiger charge is -2.16. The van der Waals surface area contributed by atoms with Gasteiger partial charge in [-0.15, -0.1) is 0 Å². The van der Waals surface area contributed by atoms with Gasteiger partial charge in [-0.25, -0.2) is 4.98 Å². The first-order valence-electron chi connectivity index (χ1n) is 10.4. The first kappa shape index (κ1) is 20.7. The van der Waals surface area contributed by atoms with Crippen LogP contribution in [0.15, 0.2) is 17.4 Å². The predicted molar refractivity (Wildman–Crippen MR) is 108 cm³/mol. The van der Waals surface area contributed by atoms with Gasteiger partial charge in [0.2, 0.25) is 0 Å². The number of aromatic nitrogens is 2. The summed E-state index contributed by atoms with van der Waals surface area (Å²) in [6, 6.07) is 0. The average Bonchev–Trinajstić information content (AvgIpc) is 2.89. The number of nitrogens with zero attached hydrogens (tertiary/aromatic N) is 3. The number of rotatable bonds is 10. The van der Waals surface area contributed by atoms with E-state index >= 15 is 0 Å². The fourth-order valence-corrected chi connectivity index (χ4v) is 3.37. The van der Waals surface area contributed by atoms with Crippen LogP contribution in [0.5, 0.6) is 0 Å². The molecule has 1 aromatic rings. The molecule has 0 bridgehead atoms. The minimum Gasteiger partial charge on any atom is -0.376 e. The smallest absolute Gasteiger partial charge is 0.191 e. The van der Waals surface area contributed by atoms with Gasteiger partial charge >= 0.3 is 0 Å². The number of guanidine groups is 1. The van der Waals surface area contributed by atoms with E-state index in [1.54, 1.807) is 0 Å². The van der Waals surface area contributed by atoms with Crippen LogP contribution in [0, 0.1) is 6.92 Å². The first-order valence-corrected chi connectivity index (χ1v) is 10.4. The summed E-state index contributed by atoms with van der Waals surface area (Å²) in [4.78, 5) is 8.92. The Kier molecular flexibility index (Phi) is 10.2. The van der Waals surface area contributed by atoms with Gasteiger partial charge in [0.15, 0.2) is 5.96 Å². The third kappa shape index (κ3) is 8.21. The molecule has 2 N–H and O–H groups in total. The van der Waals surface area contributed by atoms with Crippen molar-refractivity contribution < 1.29 is 4.74 Å². The van der Waals surface area contributed by atoms with E-state index in [9.17, 15) is 0 Å². The zero-order valence-electron chi connectivity index (χ0n) is 16.7. The molecule has 0 atom stereocenters. The van der Waals surface area contributed by atoms with E-state index in [2.05, 4.69) is 32.1 Å². The Labute approximate surface area is 158 Å². The molecule has 1 aliphatic carbocycles. The molecule has 0 aliphatic heterocycles. The Balaban J connectivity index is 1.58. The number of hydrogen-bond acceptors (Lipinski definition) is 3. The number of unbranched alkanes of at least 4 members (excludes halogenated alkanes) is 1. The van der Waals surface area contributed by atoms with Crippen LogP contribution in [-0.4, -0.2) is 47.9 Å². The van der Waals surface area contributed by atoms with Gasteiger partial charge in [-0.3, -0.25) is 4.99 Å². The molecule has 0 saturated heterocycles. The molecule has 6 heteroatoms. The summed E-state index contributed by atoms with van der Waals surface area (Å²) in [5.41, 5.74) is 0. The Morgan fingerprint density at radius 3 is 2.73 bits per heavy atom. The highest BCUT2D eigenvalue weighted by molar-refractivity contribution is 5.79. The molecule has 26 heavy (non-hydrogen) atoms. The van der Waals surface area contributed by atoms with E-state index in [0.29, 0.717) is 6.10 Å². The SMILES string of the molecule is CCNC(=NCCCCn1ccnc1C)NCCOC1CCCCCC1. The monoisotopic (exact) mass is 363 g/mol. The quantitative estimate of drug-likeness (QED) is 0.290. The molecule has 1 saturated carbocycles. The highest BCUT2D eigenvalue weighted by Crippen LogP contribution is 2.19. The summed E-state index contributed by atoms with van der Waals surface area (Å²) < 4.78 is 8.23. The average molecular weight is 364 g/mol. The molecular weight excluding hydrogens is 326 g/mol. The second-order valence-corrected chi connectivity index (χ2v) is 7.05. The summed E-state index contributed by atoms with van der Waals surface area (Å²) in [6.07, 6.45) is 14.4. The van der Waals surface area contributed by atoms with Gasteiger partial charge in [0.05, 0.1) is 12.7 Å². The minimum absolute atomic E-state index is 0.463. The summed E-state index contributed by atoms with van der Waals surface area (Å²) in [6.45, 7) is 8.45. The maximum absolute atomic E-state index is 6.03. The second-order valence-electron chi connectivity index (χ2n) is 7.05. The number of aryl methyl sites for hydroxylation is 2. The first-order chi connectivity index (χ1) is 12.8. The molecule has 6 nitrogen and oxygen atoms in total. The number of nitrogens with one attached hydrogen (secondary N) is 2. The third-order valence-electron chi connectivity index (χ3n) is 4.90. The summed E-state index contributed by atoms with van der Waals surface area (Å²) in [5.74, 6) is 1.98. The summed E-state index contributed by atoms with van der Waals surface area (Å²) >= 11 is 0. The van der Waals surface area contributed by atoms with Gasteiger partial charge in [-0.1, -0.05) is 25.7 Å². The fraction of sp³-hybridized carbons (Fsp3) is 0.800. The predicted octanol–water partition coefficient (Wildman–Crippen LogP) is 3.27. The second kappa shape index (κ2) is 12.7. The van der Waals surface area contributed by atoms with Crippen molar-refractivity contribution in [1.29, 1.82) is 0 Å². The number of ether oxygens (including phenoxy) is 1. The lowest BCUT2D eigenvalue weighted by Crippen LogP contribution is -2.39. The minimum atomic E-state index is 0.463. The zero-order chi connectivity index (χ0) is 18.5. The van der Waals surface area contributed by atoms with Crippen LogP contribution in [0.4, 0.5) is 0 Å². The Bertz CT molecular complexity index is 506. The van der Waals surface area contributed by atoms with Crippen molar-refractivity contribution in [3.8, 4) is 0 Å². The van der Waals surface area contributed by atoms with Gasteiger partial charge in [0.25, 0.3) is 0 Å². The number of imidazole rings is 1. The van der Waals surface area contributed by atoms with Gasteiger partial charge in [0.1, 0.15) is 5.82 Å². The van der Waals surface area contributed by atoms with E-state index < -0.39 is 0 Å². The van der Waals surface area contributed by atoms with Gasteiger partial charge in [-0.05, 0) is 39.5 Å². The van der Waals surface area contributed by atoms with Crippen LogP contribution in [0.25, 0.3) is 0 Å².